The van der Waals surface area contributed by atoms with Crippen molar-refractivity contribution >= 4 is 10.0 Å². The van der Waals surface area contributed by atoms with Gasteiger partial charge in [-0.2, -0.15) is 0 Å². The van der Waals surface area contributed by atoms with Gasteiger partial charge in [-0.15, -0.1) is 6.04 Å². The van der Waals surface area contributed by atoms with Crippen LogP contribution in [0.4, 0.5) is 0 Å². The number of hydrogen-bond donors (Lipinski definition) is 0. The molecule has 0 atom stereocenters. The summed E-state index contributed by atoms with van der Waals surface area (Å²) in [6.07, 6.45) is 1.82. The molecule has 0 aliphatic heterocycles. The maximum absolute atomic E-state index is 11.6. The van der Waals surface area contributed by atoms with Crippen LogP contribution in [0.15, 0.2) is 29.2 Å². The third-order valence-corrected chi connectivity index (χ3v) is 3.60. The Morgan fingerprint density at radius 3 is 2.29 bits per heavy atom. The van der Waals surface area contributed by atoms with Crippen molar-refractivity contribution in [3.05, 3.63) is 34.6 Å². The van der Waals surface area contributed by atoms with Crippen LogP contribution in [0.2, 0.25) is 0 Å². The molecule has 0 bridgehead atoms. The fraction of sp³-hybridized carbons (Fsp3) is 0.400. The molecule has 4 heteroatoms. The molecule has 0 unspecified atom stereocenters. The largest absolute Gasteiger partial charge is 0.542 e. The molecule has 1 aromatic rings. The molecule has 1 saturated carbocycles. The molecule has 0 aromatic heterocycles. The third-order valence-electron chi connectivity index (χ3n) is 2.15. The molecule has 0 heterocycles. The summed E-state index contributed by atoms with van der Waals surface area (Å²) in [4.78, 5) is 0.301. The fourth-order valence-electron chi connectivity index (χ4n) is 1.15. The zero-order valence-corrected chi connectivity index (χ0v) is 8.79. The van der Waals surface area contributed by atoms with Crippen LogP contribution in [0.25, 0.3) is 4.72 Å². The van der Waals surface area contributed by atoms with E-state index in [-0.39, 0.29) is 6.04 Å². The molecule has 3 nitrogen and oxygen atoms in total. The fourth-order valence-corrected chi connectivity index (χ4v) is 2.35. The molecule has 14 heavy (non-hydrogen) atoms. The van der Waals surface area contributed by atoms with Crippen LogP contribution < -0.4 is 0 Å². The molecule has 1 fully saturated rings. The van der Waals surface area contributed by atoms with Crippen molar-refractivity contribution in [1.82, 2.24) is 0 Å². The summed E-state index contributed by atoms with van der Waals surface area (Å²) in [5.41, 5.74) is 1.05. The van der Waals surface area contributed by atoms with Gasteiger partial charge in [0.1, 0.15) is 10.0 Å². The lowest BCUT2D eigenvalue weighted by molar-refractivity contribution is 0.601. The maximum Gasteiger partial charge on any atom is 0.101 e. The minimum absolute atomic E-state index is 0.0429. The van der Waals surface area contributed by atoms with Gasteiger partial charge in [0.05, 0.1) is 0 Å². The standard InChI is InChI=1S/C10H12NO2S/c1-8-2-6-10(7-3-8)14(12,13)11-9-4-5-9/h2-3,6-7,9H,4-5H2,1H3/q-1. The Balaban J connectivity index is 2.24. The lowest BCUT2D eigenvalue weighted by Gasteiger charge is -2.18. The molecule has 1 aliphatic carbocycles. The van der Waals surface area contributed by atoms with Crippen LogP contribution in [0.5, 0.6) is 0 Å². The average molecular weight is 210 g/mol. The molecule has 0 N–H and O–H groups in total. The van der Waals surface area contributed by atoms with Crippen LogP contribution in [-0.4, -0.2) is 14.5 Å². The van der Waals surface area contributed by atoms with Gasteiger partial charge in [-0.3, -0.25) is 0 Å². The number of sulfonamides is 1. The summed E-state index contributed by atoms with van der Waals surface area (Å²) in [5.74, 6) is 0. The predicted octanol–water partition coefficient (Wildman–Crippen LogP) is 2.22. The Kier molecular flexibility index (Phi) is 2.33. The van der Waals surface area contributed by atoms with Gasteiger partial charge in [-0.1, -0.05) is 30.5 Å². The summed E-state index contributed by atoms with van der Waals surface area (Å²) in [6.45, 7) is 1.93. The highest BCUT2D eigenvalue weighted by Gasteiger charge is 2.16. The van der Waals surface area contributed by atoms with E-state index in [0.717, 1.165) is 18.4 Å². The van der Waals surface area contributed by atoms with Crippen LogP contribution in [0, 0.1) is 6.92 Å². The number of aryl methyl sites for hydroxylation is 1. The van der Waals surface area contributed by atoms with E-state index in [1.807, 2.05) is 6.92 Å². The zero-order valence-electron chi connectivity index (χ0n) is 7.97. The van der Waals surface area contributed by atoms with Crippen molar-refractivity contribution < 1.29 is 8.42 Å². The minimum atomic E-state index is -3.39. The quantitative estimate of drug-likeness (QED) is 0.768. The van der Waals surface area contributed by atoms with Crippen molar-refractivity contribution in [1.29, 1.82) is 0 Å². The predicted molar refractivity (Wildman–Crippen MR) is 54.7 cm³/mol. The van der Waals surface area contributed by atoms with E-state index in [2.05, 4.69) is 4.72 Å². The zero-order chi connectivity index (χ0) is 10.2. The van der Waals surface area contributed by atoms with Crippen molar-refractivity contribution in [3.8, 4) is 0 Å². The van der Waals surface area contributed by atoms with Crippen LogP contribution in [0.3, 0.4) is 0 Å². The highest BCUT2D eigenvalue weighted by Crippen LogP contribution is 2.33. The lowest BCUT2D eigenvalue weighted by Crippen LogP contribution is -2.01. The van der Waals surface area contributed by atoms with Gasteiger partial charge in [0, 0.05) is 4.90 Å². The van der Waals surface area contributed by atoms with Gasteiger partial charge in [0.2, 0.25) is 0 Å². The average Bonchev–Trinajstić information content (AvgIpc) is 2.88. The van der Waals surface area contributed by atoms with Crippen LogP contribution >= 0.6 is 0 Å². The highest BCUT2D eigenvalue weighted by atomic mass is 32.2. The molecule has 0 saturated heterocycles. The number of rotatable bonds is 3. The first kappa shape index (κ1) is 9.68. The second kappa shape index (κ2) is 3.37. The Morgan fingerprint density at radius 1 is 1.21 bits per heavy atom. The molecule has 76 valence electrons. The molecule has 1 aliphatic rings. The molecule has 0 amide bonds. The molecular weight excluding hydrogens is 198 g/mol. The van der Waals surface area contributed by atoms with Gasteiger partial charge in [0.25, 0.3) is 0 Å². The summed E-state index contributed by atoms with van der Waals surface area (Å²) >= 11 is 0. The lowest BCUT2D eigenvalue weighted by atomic mass is 10.2. The Morgan fingerprint density at radius 2 is 1.79 bits per heavy atom. The van der Waals surface area contributed by atoms with E-state index in [9.17, 15) is 8.42 Å². The SMILES string of the molecule is Cc1ccc(S(=O)(=O)[N-]C2CC2)cc1. The summed E-state index contributed by atoms with van der Waals surface area (Å²) in [7, 11) is -3.39. The first-order valence-electron chi connectivity index (χ1n) is 4.62. The van der Waals surface area contributed by atoms with Gasteiger partial charge in [-0.25, -0.2) is 8.42 Å². The number of nitrogens with zero attached hydrogens (tertiary/aromatic N) is 1. The van der Waals surface area contributed by atoms with E-state index in [1.54, 1.807) is 24.3 Å². The second-order valence-electron chi connectivity index (χ2n) is 3.62. The maximum atomic E-state index is 11.6. The molecule has 1 aromatic carbocycles. The van der Waals surface area contributed by atoms with Crippen LogP contribution in [-0.2, 0) is 10.0 Å². The van der Waals surface area contributed by atoms with E-state index in [1.165, 1.54) is 0 Å². The van der Waals surface area contributed by atoms with Gasteiger partial charge in [-0.05, 0) is 19.1 Å². The molecule has 0 radical (unpaired) electrons. The van der Waals surface area contributed by atoms with E-state index in [0.29, 0.717) is 4.90 Å². The highest BCUT2D eigenvalue weighted by molar-refractivity contribution is 7.94. The van der Waals surface area contributed by atoms with Gasteiger partial charge in [0.15, 0.2) is 0 Å². The second-order valence-corrected chi connectivity index (χ2v) is 5.26. The topological polar surface area (TPSA) is 48.2 Å². The molecular formula is C10H12NO2S-. The molecule has 0 spiro atoms. The monoisotopic (exact) mass is 210 g/mol. The Labute approximate surface area is 84.2 Å². The van der Waals surface area contributed by atoms with E-state index < -0.39 is 10.0 Å². The van der Waals surface area contributed by atoms with Crippen molar-refractivity contribution in [2.24, 2.45) is 0 Å². The normalized spacial score (nSPS) is 16.9. The minimum Gasteiger partial charge on any atom is -0.542 e. The van der Waals surface area contributed by atoms with Gasteiger partial charge < -0.3 is 4.72 Å². The summed E-state index contributed by atoms with van der Waals surface area (Å²) < 4.78 is 27.0. The Hall–Kier alpha value is -0.870. The van der Waals surface area contributed by atoms with E-state index >= 15 is 0 Å². The summed E-state index contributed by atoms with van der Waals surface area (Å²) in [5, 5.41) is 0. The first-order valence-corrected chi connectivity index (χ1v) is 6.06. The summed E-state index contributed by atoms with van der Waals surface area (Å²) in [6, 6.07) is 6.83. The molecule has 2 rings (SSSR count). The number of hydrogen-bond acceptors (Lipinski definition) is 2. The number of benzene rings is 1. The van der Waals surface area contributed by atoms with Crippen LogP contribution in [0.1, 0.15) is 18.4 Å². The first-order chi connectivity index (χ1) is 6.58. The van der Waals surface area contributed by atoms with Crippen molar-refractivity contribution in [2.75, 3.05) is 0 Å². The van der Waals surface area contributed by atoms with E-state index in [4.69, 9.17) is 0 Å². The Bertz CT molecular complexity index is 418. The third kappa shape index (κ3) is 2.13. The van der Waals surface area contributed by atoms with Crippen molar-refractivity contribution in [2.45, 2.75) is 30.7 Å². The smallest absolute Gasteiger partial charge is 0.101 e. The van der Waals surface area contributed by atoms with Gasteiger partial charge >= 0.3 is 0 Å². The van der Waals surface area contributed by atoms with Crippen molar-refractivity contribution in [3.63, 3.8) is 0 Å².